The lowest BCUT2D eigenvalue weighted by Gasteiger charge is -2.26. The number of carbonyl (C=O) groups excluding carboxylic acids is 2. The van der Waals surface area contributed by atoms with E-state index < -0.39 is 11.7 Å². The van der Waals surface area contributed by atoms with Gasteiger partial charge >= 0.3 is 6.09 Å². The van der Waals surface area contributed by atoms with Crippen LogP contribution in [-0.2, 0) is 16.0 Å². The van der Waals surface area contributed by atoms with Gasteiger partial charge in [0.05, 0.1) is 12.5 Å². The van der Waals surface area contributed by atoms with E-state index in [-0.39, 0.29) is 36.6 Å². The number of nitrogens with one attached hydrogen (secondary N) is 3. The van der Waals surface area contributed by atoms with Crippen LogP contribution in [0.15, 0.2) is 18.2 Å². The summed E-state index contributed by atoms with van der Waals surface area (Å²) in [5.74, 6) is -0.420. The molecule has 0 fully saturated rings. The van der Waals surface area contributed by atoms with Gasteiger partial charge < -0.3 is 20.4 Å². The van der Waals surface area contributed by atoms with Gasteiger partial charge in [0.1, 0.15) is 11.4 Å². The predicted molar refractivity (Wildman–Crippen MR) is 108 cm³/mol. The number of benzene rings is 1. The number of hydrogen-bond donors (Lipinski definition) is 3. The fourth-order valence-corrected chi connectivity index (χ4v) is 2.94. The molecule has 0 radical (unpaired) electrons. The monoisotopic (exact) mass is 391 g/mol. The Morgan fingerprint density at radius 3 is 2.54 bits per heavy atom. The van der Waals surface area contributed by atoms with Crippen molar-refractivity contribution in [2.24, 2.45) is 5.92 Å². The van der Waals surface area contributed by atoms with E-state index in [2.05, 4.69) is 15.6 Å². The summed E-state index contributed by atoms with van der Waals surface area (Å²) in [7, 11) is 0. The van der Waals surface area contributed by atoms with Gasteiger partial charge in [0, 0.05) is 23.1 Å². The van der Waals surface area contributed by atoms with Crippen molar-refractivity contribution in [2.45, 2.75) is 59.6 Å². The molecule has 2 amide bonds. The fourth-order valence-electron chi connectivity index (χ4n) is 2.94. The molecular formula is C21H30FN3O3. The Labute approximate surface area is 165 Å². The minimum Gasteiger partial charge on any atom is -0.444 e. The van der Waals surface area contributed by atoms with Crippen molar-refractivity contribution in [3.05, 3.63) is 35.3 Å². The molecule has 0 spiro atoms. The van der Waals surface area contributed by atoms with E-state index in [4.69, 9.17) is 4.74 Å². The van der Waals surface area contributed by atoms with E-state index in [1.54, 1.807) is 26.8 Å². The molecule has 2 rings (SSSR count). The molecule has 28 heavy (non-hydrogen) atoms. The number of fused-ring (bicyclic) bond motifs is 1. The Kier molecular flexibility index (Phi) is 6.69. The highest BCUT2D eigenvalue weighted by Gasteiger charge is 2.22. The molecule has 0 saturated carbocycles. The third-order valence-electron chi connectivity index (χ3n) is 4.44. The van der Waals surface area contributed by atoms with Crippen molar-refractivity contribution >= 4 is 22.9 Å². The number of rotatable bonds is 6. The highest BCUT2D eigenvalue weighted by molar-refractivity contribution is 5.90. The number of carbonyl (C=O) groups is 2. The van der Waals surface area contributed by atoms with E-state index in [0.717, 1.165) is 16.8 Å². The van der Waals surface area contributed by atoms with Crippen molar-refractivity contribution in [1.82, 2.24) is 15.6 Å². The number of amides is 2. The maximum absolute atomic E-state index is 13.6. The number of H-pyrrole nitrogens is 1. The average Bonchev–Trinajstić information content (AvgIpc) is 2.85. The number of hydrogen-bond acceptors (Lipinski definition) is 3. The lowest BCUT2D eigenvalue weighted by atomic mass is 10.0. The smallest absolute Gasteiger partial charge is 0.407 e. The van der Waals surface area contributed by atoms with Gasteiger partial charge in [-0.05, 0) is 57.4 Å². The lowest BCUT2D eigenvalue weighted by molar-refractivity contribution is -0.120. The fraction of sp³-hybridized carbons (Fsp3) is 0.524. The van der Waals surface area contributed by atoms with Gasteiger partial charge in [0.25, 0.3) is 0 Å². The zero-order valence-electron chi connectivity index (χ0n) is 17.4. The molecule has 0 aliphatic carbocycles. The van der Waals surface area contributed by atoms with Gasteiger partial charge in [-0.2, -0.15) is 0 Å². The van der Waals surface area contributed by atoms with Crippen LogP contribution in [0.2, 0.25) is 0 Å². The Hall–Kier alpha value is -2.57. The average molecular weight is 391 g/mol. The molecule has 1 atom stereocenters. The summed E-state index contributed by atoms with van der Waals surface area (Å²) in [5, 5.41) is 6.37. The summed E-state index contributed by atoms with van der Waals surface area (Å²) < 4.78 is 18.9. The van der Waals surface area contributed by atoms with Crippen LogP contribution >= 0.6 is 0 Å². The molecule has 0 aliphatic heterocycles. The molecule has 3 N–H and O–H groups in total. The molecule has 6 nitrogen and oxygen atoms in total. The van der Waals surface area contributed by atoms with E-state index in [1.165, 1.54) is 12.1 Å². The van der Waals surface area contributed by atoms with Crippen LogP contribution in [0.25, 0.3) is 10.9 Å². The zero-order valence-corrected chi connectivity index (χ0v) is 17.4. The number of alkyl carbamates (subject to hydrolysis) is 1. The summed E-state index contributed by atoms with van der Waals surface area (Å²) in [4.78, 5) is 27.7. The third kappa shape index (κ3) is 5.97. The van der Waals surface area contributed by atoms with Crippen molar-refractivity contribution in [2.75, 3.05) is 6.54 Å². The van der Waals surface area contributed by atoms with Crippen LogP contribution in [0.5, 0.6) is 0 Å². The quantitative estimate of drug-likeness (QED) is 0.700. The molecular weight excluding hydrogens is 361 g/mol. The number of aromatic amines is 1. The molecule has 0 saturated heterocycles. The lowest BCUT2D eigenvalue weighted by Crippen LogP contribution is -2.48. The van der Waals surface area contributed by atoms with Gasteiger partial charge in [-0.25, -0.2) is 9.18 Å². The molecule has 1 aromatic carbocycles. The van der Waals surface area contributed by atoms with Gasteiger partial charge in [0.2, 0.25) is 5.91 Å². The van der Waals surface area contributed by atoms with E-state index >= 15 is 0 Å². The second kappa shape index (κ2) is 8.63. The molecule has 1 heterocycles. The first-order valence-corrected chi connectivity index (χ1v) is 9.49. The van der Waals surface area contributed by atoms with Crippen LogP contribution in [0.3, 0.4) is 0 Å². The van der Waals surface area contributed by atoms with Gasteiger partial charge in [-0.3, -0.25) is 4.79 Å². The molecule has 2 aromatic rings. The van der Waals surface area contributed by atoms with Crippen LogP contribution < -0.4 is 10.6 Å². The summed E-state index contributed by atoms with van der Waals surface area (Å²) in [6.07, 6.45) is -0.379. The van der Waals surface area contributed by atoms with Crippen molar-refractivity contribution in [3.8, 4) is 0 Å². The molecule has 7 heteroatoms. The minimum atomic E-state index is -0.586. The second-order valence-electron chi connectivity index (χ2n) is 8.40. The van der Waals surface area contributed by atoms with Gasteiger partial charge in [0.15, 0.2) is 0 Å². The normalized spacial score (nSPS) is 12.9. The summed E-state index contributed by atoms with van der Waals surface area (Å²) in [5.41, 5.74) is 1.82. The first-order valence-electron chi connectivity index (χ1n) is 9.49. The van der Waals surface area contributed by atoms with E-state index in [9.17, 15) is 14.0 Å². The number of aryl methyl sites for hydroxylation is 1. The number of ether oxygens (including phenoxy) is 1. The van der Waals surface area contributed by atoms with E-state index in [1.807, 2.05) is 20.8 Å². The molecule has 1 aromatic heterocycles. The maximum atomic E-state index is 13.6. The van der Waals surface area contributed by atoms with E-state index in [0.29, 0.717) is 5.39 Å². The Morgan fingerprint density at radius 2 is 1.93 bits per heavy atom. The summed E-state index contributed by atoms with van der Waals surface area (Å²) in [6.45, 7) is 11.5. The van der Waals surface area contributed by atoms with Crippen LogP contribution in [0, 0.1) is 18.7 Å². The van der Waals surface area contributed by atoms with Crippen LogP contribution in [0.1, 0.15) is 45.9 Å². The standard InChI is InChI=1S/C21H30FN3O3/c1-12(2)18(25-20(27)28-21(4,5)6)11-23-19(26)10-15-13(3)24-17-8-7-14(22)9-16(15)17/h7-9,12,18,24H,10-11H2,1-6H3,(H,23,26)(H,25,27). The Bertz CT molecular complexity index is 852. The zero-order chi connectivity index (χ0) is 21.1. The highest BCUT2D eigenvalue weighted by atomic mass is 19.1. The molecule has 0 aliphatic rings. The third-order valence-corrected chi connectivity index (χ3v) is 4.44. The molecule has 0 bridgehead atoms. The second-order valence-corrected chi connectivity index (χ2v) is 8.40. The predicted octanol–water partition coefficient (Wildman–Crippen LogP) is 3.82. The minimum absolute atomic E-state index is 0.108. The first-order chi connectivity index (χ1) is 13.0. The topological polar surface area (TPSA) is 83.2 Å². The number of aromatic nitrogens is 1. The van der Waals surface area contributed by atoms with Crippen LogP contribution in [-0.4, -0.2) is 35.2 Å². The van der Waals surface area contributed by atoms with Gasteiger partial charge in [-0.15, -0.1) is 0 Å². The highest BCUT2D eigenvalue weighted by Crippen LogP contribution is 2.23. The maximum Gasteiger partial charge on any atom is 0.407 e. The first kappa shape index (κ1) is 21.7. The Morgan fingerprint density at radius 1 is 1.25 bits per heavy atom. The SMILES string of the molecule is Cc1[nH]c2ccc(F)cc2c1CC(=O)NCC(NC(=O)OC(C)(C)C)C(C)C. The van der Waals surface area contributed by atoms with Crippen molar-refractivity contribution < 1.29 is 18.7 Å². The van der Waals surface area contributed by atoms with Crippen molar-refractivity contribution in [1.29, 1.82) is 0 Å². The van der Waals surface area contributed by atoms with Crippen molar-refractivity contribution in [3.63, 3.8) is 0 Å². The van der Waals surface area contributed by atoms with Gasteiger partial charge in [-0.1, -0.05) is 13.8 Å². The molecule has 154 valence electrons. The largest absolute Gasteiger partial charge is 0.444 e. The summed E-state index contributed by atoms with van der Waals surface area (Å²) >= 11 is 0. The number of halogens is 1. The molecule has 1 unspecified atom stereocenters. The van der Waals surface area contributed by atoms with Crippen LogP contribution in [0.4, 0.5) is 9.18 Å². The summed E-state index contributed by atoms with van der Waals surface area (Å²) in [6, 6.07) is 4.22. The Balaban J connectivity index is 1.99.